The van der Waals surface area contributed by atoms with Crippen molar-refractivity contribution in [2.24, 2.45) is 0 Å². The van der Waals surface area contributed by atoms with Gasteiger partial charge in [0.2, 0.25) is 11.5 Å². The molecule has 0 unspecified atom stereocenters. The molecule has 0 saturated heterocycles. The van der Waals surface area contributed by atoms with Gasteiger partial charge >= 0.3 is 17.9 Å². The van der Waals surface area contributed by atoms with Crippen molar-refractivity contribution >= 4 is 23.7 Å². The summed E-state index contributed by atoms with van der Waals surface area (Å²) in [6.45, 7) is -0.165. The van der Waals surface area contributed by atoms with Crippen molar-refractivity contribution in [2.75, 3.05) is 27.1 Å². The number of aromatic amines is 1. The number of pyridine rings is 1. The van der Waals surface area contributed by atoms with Crippen molar-refractivity contribution in [1.82, 2.24) is 4.98 Å². The Balaban J connectivity index is 2.14. The summed E-state index contributed by atoms with van der Waals surface area (Å²) in [5.74, 6) is -4.10. The summed E-state index contributed by atoms with van der Waals surface area (Å²) in [5, 5.41) is 19.3. The molecule has 0 spiro atoms. The topological polar surface area (TPSA) is 201 Å². The van der Waals surface area contributed by atoms with Gasteiger partial charge in [-0.3, -0.25) is 4.79 Å². The first-order valence-electron chi connectivity index (χ1n) is 9.71. The number of nitrogen functional groups attached to an aromatic ring is 1. The van der Waals surface area contributed by atoms with Crippen molar-refractivity contribution in [3.8, 4) is 28.4 Å². The number of furan rings is 1. The number of hydrogen-bond acceptors (Lipinski definition) is 10. The molecule has 5 N–H and O–H groups in total. The number of ether oxygens (including phenoxy) is 4. The van der Waals surface area contributed by atoms with Crippen LogP contribution in [0.1, 0.15) is 37.0 Å². The summed E-state index contributed by atoms with van der Waals surface area (Å²) in [7, 11) is 3.78. The molecular weight excluding hydrogens is 468 g/mol. The number of nitrogens with one attached hydrogen (secondary N) is 1. The number of carbonyl (C=O) groups is 3. The van der Waals surface area contributed by atoms with Crippen LogP contribution in [0.25, 0.3) is 11.1 Å². The molecule has 3 aromatic rings. The van der Waals surface area contributed by atoms with E-state index in [0.29, 0.717) is 0 Å². The smallest absolute Gasteiger partial charge is 0.373 e. The van der Waals surface area contributed by atoms with Crippen LogP contribution in [0.15, 0.2) is 33.5 Å². The number of carboxylic acid groups (broad SMARTS) is 2. The quantitative estimate of drug-likeness (QED) is 0.320. The lowest BCUT2D eigenvalue weighted by Gasteiger charge is -2.18. The van der Waals surface area contributed by atoms with E-state index < -0.39 is 46.0 Å². The van der Waals surface area contributed by atoms with E-state index in [9.17, 15) is 29.4 Å². The highest BCUT2D eigenvalue weighted by Gasteiger charge is 2.28. The van der Waals surface area contributed by atoms with Crippen molar-refractivity contribution in [2.45, 2.75) is 6.61 Å². The monoisotopic (exact) mass is 488 g/mol. The number of H-pyrrole nitrogens is 1. The zero-order valence-electron chi connectivity index (χ0n) is 18.7. The van der Waals surface area contributed by atoms with Gasteiger partial charge in [-0.05, 0) is 29.8 Å². The van der Waals surface area contributed by atoms with E-state index in [-0.39, 0.29) is 40.9 Å². The summed E-state index contributed by atoms with van der Waals surface area (Å²) in [6.07, 6.45) is 0. The Labute approximate surface area is 196 Å². The zero-order valence-corrected chi connectivity index (χ0v) is 18.7. The fraction of sp³-hybridized carbons (Fsp3) is 0.182. The Hall–Kier alpha value is -4.94. The van der Waals surface area contributed by atoms with Gasteiger partial charge < -0.3 is 44.3 Å². The number of rotatable bonds is 9. The number of aromatic carboxylic acids is 2. The van der Waals surface area contributed by atoms with E-state index in [4.69, 9.17) is 24.4 Å². The normalized spacial score (nSPS) is 10.5. The summed E-state index contributed by atoms with van der Waals surface area (Å²) in [5.41, 5.74) is 2.66. The van der Waals surface area contributed by atoms with Crippen molar-refractivity contribution in [3.63, 3.8) is 0 Å². The Morgan fingerprint density at radius 1 is 1.00 bits per heavy atom. The van der Waals surface area contributed by atoms with Crippen molar-refractivity contribution in [1.29, 1.82) is 0 Å². The van der Waals surface area contributed by atoms with Crippen LogP contribution in [0.3, 0.4) is 0 Å². The van der Waals surface area contributed by atoms with E-state index in [0.717, 1.165) is 0 Å². The van der Waals surface area contributed by atoms with Gasteiger partial charge in [-0.2, -0.15) is 0 Å². The number of carbonyl (C=O) groups excluding carboxylic acids is 1. The fourth-order valence-electron chi connectivity index (χ4n) is 3.31. The van der Waals surface area contributed by atoms with Crippen molar-refractivity contribution < 1.29 is 48.0 Å². The van der Waals surface area contributed by atoms with Crippen LogP contribution >= 0.6 is 0 Å². The highest BCUT2D eigenvalue weighted by Crippen LogP contribution is 2.43. The maximum atomic E-state index is 12.3. The first-order valence-corrected chi connectivity index (χ1v) is 9.71. The minimum absolute atomic E-state index is 0.0191. The number of nitrogens with two attached hydrogens (primary N) is 1. The predicted molar refractivity (Wildman–Crippen MR) is 118 cm³/mol. The molecule has 0 aliphatic rings. The van der Waals surface area contributed by atoms with Gasteiger partial charge in [-0.1, -0.05) is 0 Å². The van der Waals surface area contributed by atoms with Crippen LogP contribution in [0.5, 0.6) is 17.2 Å². The molecule has 0 fully saturated rings. The van der Waals surface area contributed by atoms with Gasteiger partial charge in [0.1, 0.15) is 29.3 Å². The summed E-state index contributed by atoms with van der Waals surface area (Å²) >= 11 is 0. The predicted octanol–water partition coefficient (Wildman–Crippen LogP) is 2.00. The van der Waals surface area contributed by atoms with Gasteiger partial charge in [-0.25, -0.2) is 14.4 Å². The van der Waals surface area contributed by atoms with Gasteiger partial charge in [0, 0.05) is 5.56 Å². The maximum Gasteiger partial charge on any atom is 0.373 e. The van der Waals surface area contributed by atoms with Crippen LogP contribution in [-0.2, 0) is 11.3 Å². The van der Waals surface area contributed by atoms with Gasteiger partial charge in [0.25, 0.3) is 5.56 Å². The number of anilines is 1. The Bertz CT molecular complexity index is 1350. The molecule has 35 heavy (non-hydrogen) atoms. The van der Waals surface area contributed by atoms with Gasteiger partial charge in [0.15, 0.2) is 11.5 Å². The Morgan fingerprint density at radius 2 is 1.60 bits per heavy atom. The molecule has 0 saturated carbocycles. The second-order valence-electron chi connectivity index (χ2n) is 6.86. The van der Waals surface area contributed by atoms with Crippen LogP contribution < -0.4 is 25.5 Å². The third-order valence-corrected chi connectivity index (χ3v) is 4.83. The molecule has 2 heterocycles. The summed E-state index contributed by atoms with van der Waals surface area (Å²) in [4.78, 5) is 49.6. The number of hydrogen-bond donors (Lipinski definition) is 4. The standard InChI is InChI=1S/C22H20N2O11/c1-31-12-6-9(14-15(20(26)27)18(23)24-19(25)16(14)21(28)29)7-13(32-2)17(12)34-8-10-4-5-11(35-10)22(30)33-3/h4-7H,8H2,1-3H3,(H,26,27)(H,28,29)(H3,23,24,25). The molecule has 0 radical (unpaired) electrons. The molecule has 0 atom stereocenters. The molecule has 3 rings (SSSR count). The van der Waals surface area contributed by atoms with E-state index in [1.807, 2.05) is 4.98 Å². The molecule has 13 heteroatoms. The summed E-state index contributed by atoms with van der Waals surface area (Å²) < 4.78 is 26.3. The minimum Gasteiger partial charge on any atom is -0.493 e. The zero-order chi connectivity index (χ0) is 25.9. The average molecular weight is 488 g/mol. The highest BCUT2D eigenvalue weighted by molar-refractivity contribution is 6.07. The SMILES string of the molecule is COC(=O)c1ccc(COc2c(OC)cc(-c3c(C(=O)O)c(N)[nH]c(=O)c3C(=O)O)cc2OC)o1. The van der Waals surface area contributed by atoms with E-state index >= 15 is 0 Å². The molecule has 184 valence electrons. The lowest BCUT2D eigenvalue weighted by Crippen LogP contribution is -2.24. The molecular formula is C22H20N2O11. The Morgan fingerprint density at radius 3 is 2.11 bits per heavy atom. The first kappa shape index (κ1) is 24.7. The lowest BCUT2D eigenvalue weighted by molar-refractivity contribution is 0.0559. The maximum absolute atomic E-state index is 12.3. The second-order valence-corrected chi connectivity index (χ2v) is 6.86. The second kappa shape index (κ2) is 9.91. The van der Waals surface area contributed by atoms with Crippen LogP contribution in [-0.4, -0.2) is 54.4 Å². The third kappa shape index (κ3) is 4.73. The van der Waals surface area contributed by atoms with Crippen molar-refractivity contribution in [3.05, 3.63) is 57.3 Å². The highest BCUT2D eigenvalue weighted by atomic mass is 16.6. The lowest BCUT2D eigenvalue weighted by atomic mass is 9.95. The summed E-state index contributed by atoms with van der Waals surface area (Å²) in [6, 6.07) is 5.44. The molecule has 0 aliphatic heterocycles. The average Bonchev–Trinajstić information content (AvgIpc) is 3.29. The van der Waals surface area contributed by atoms with E-state index in [2.05, 4.69) is 4.74 Å². The van der Waals surface area contributed by atoms with Crippen LogP contribution in [0.4, 0.5) is 5.82 Å². The largest absolute Gasteiger partial charge is 0.493 e. The molecule has 2 aromatic heterocycles. The molecule has 13 nitrogen and oxygen atoms in total. The minimum atomic E-state index is -1.67. The number of benzene rings is 1. The first-order chi connectivity index (χ1) is 16.6. The van der Waals surface area contributed by atoms with E-state index in [1.54, 1.807) is 0 Å². The van der Waals surface area contributed by atoms with Gasteiger partial charge in [0.05, 0.1) is 21.3 Å². The number of carboxylic acids is 2. The Kier molecular flexibility index (Phi) is 6.99. The van der Waals surface area contributed by atoms with Crippen LogP contribution in [0, 0.1) is 0 Å². The third-order valence-electron chi connectivity index (χ3n) is 4.83. The molecule has 0 aliphatic carbocycles. The van der Waals surface area contributed by atoms with E-state index in [1.165, 1.54) is 45.6 Å². The molecule has 1 aromatic carbocycles. The molecule has 0 amide bonds. The molecule has 0 bridgehead atoms. The number of esters is 1. The fourth-order valence-corrected chi connectivity index (χ4v) is 3.31. The number of aromatic nitrogens is 1. The number of methoxy groups -OCH3 is 3. The van der Waals surface area contributed by atoms with Gasteiger partial charge in [-0.15, -0.1) is 0 Å². The van der Waals surface area contributed by atoms with Crippen LogP contribution in [0.2, 0.25) is 0 Å².